The number of hydrogen-bond acceptors (Lipinski definition) is 2. The third-order valence-corrected chi connectivity index (χ3v) is 3.12. The van der Waals surface area contributed by atoms with Gasteiger partial charge in [0.05, 0.1) is 6.10 Å². The van der Waals surface area contributed by atoms with Gasteiger partial charge >= 0.3 is 0 Å². The van der Waals surface area contributed by atoms with Crippen LogP contribution < -0.4 is 5.32 Å². The monoisotopic (exact) mass is 307 g/mol. The average molecular weight is 308 g/mol. The van der Waals surface area contributed by atoms with Gasteiger partial charge in [0, 0.05) is 16.6 Å². The maximum Gasteiger partial charge on any atom is 0.251 e. The van der Waals surface area contributed by atoms with Crippen molar-refractivity contribution in [3.8, 4) is 0 Å². The normalized spacial score (nSPS) is 12.4. The van der Waals surface area contributed by atoms with Gasteiger partial charge in [-0.05, 0) is 42.0 Å². The standard InChI is InChI=1S/C14H14BrNO2/c1-9(17)8-16-14(18)12-3-2-11-7-13(15)5-4-10(11)6-12/h2-7,9,17H,8H2,1H3,(H,16,18). The van der Waals surface area contributed by atoms with Crippen molar-refractivity contribution in [2.24, 2.45) is 0 Å². The van der Waals surface area contributed by atoms with E-state index in [0.717, 1.165) is 15.2 Å². The Labute approximate surface area is 114 Å². The number of halogens is 1. The minimum atomic E-state index is -0.537. The summed E-state index contributed by atoms with van der Waals surface area (Å²) in [5.74, 6) is -0.166. The fourth-order valence-corrected chi connectivity index (χ4v) is 2.08. The number of hydrogen-bond donors (Lipinski definition) is 2. The van der Waals surface area contributed by atoms with Gasteiger partial charge in [0.25, 0.3) is 5.91 Å². The Morgan fingerprint density at radius 2 is 1.94 bits per heavy atom. The van der Waals surface area contributed by atoms with E-state index in [0.29, 0.717) is 5.56 Å². The van der Waals surface area contributed by atoms with Crippen LogP contribution in [0, 0.1) is 0 Å². The Morgan fingerprint density at radius 1 is 1.28 bits per heavy atom. The van der Waals surface area contributed by atoms with Crippen LogP contribution in [-0.2, 0) is 0 Å². The predicted octanol–water partition coefficient (Wildman–Crippen LogP) is 2.71. The van der Waals surface area contributed by atoms with Crippen molar-refractivity contribution in [2.45, 2.75) is 13.0 Å². The number of nitrogens with one attached hydrogen (secondary N) is 1. The summed E-state index contributed by atoms with van der Waals surface area (Å²) in [5, 5.41) is 13.9. The largest absolute Gasteiger partial charge is 0.392 e. The highest BCUT2D eigenvalue weighted by Crippen LogP contribution is 2.20. The van der Waals surface area contributed by atoms with Crippen molar-refractivity contribution in [3.05, 3.63) is 46.4 Å². The first-order valence-corrected chi connectivity index (χ1v) is 6.51. The number of carbonyl (C=O) groups is 1. The van der Waals surface area contributed by atoms with E-state index in [1.807, 2.05) is 30.3 Å². The van der Waals surface area contributed by atoms with Gasteiger partial charge in [-0.2, -0.15) is 0 Å². The Hall–Kier alpha value is -1.39. The Bertz CT molecular complexity index is 581. The molecule has 2 aromatic rings. The van der Waals surface area contributed by atoms with E-state index in [1.54, 1.807) is 13.0 Å². The summed E-state index contributed by atoms with van der Waals surface area (Å²) < 4.78 is 1.02. The smallest absolute Gasteiger partial charge is 0.251 e. The molecule has 0 saturated carbocycles. The molecule has 2 aromatic carbocycles. The molecule has 0 fully saturated rings. The highest BCUT2D eigenvalue weighted by Gasteiger charge is 2.07. The van der Waals surface area contributed by atoms with E-state index in [4.69, 9.17) is 5.11 Å². The molecule has 0 aliphatic carbocycles. The number of fused-ring (bicyclic) bond motifs is 1. The molecule has 0 aromatic heterocycles. The fraction of sp³-hybridized carbons (Fsp3) is 0.214. The molecule has 1 amide bonds. The van der Waals surface area contributed by atoms with Crippen LogP contribution in [0.2, 0.25) is 0 Å². The maximum atomic E-state index is 11.8. The lowest BCUT2D eigenvalue weighted by Gasteiger charge is -2.08. The Morgan fingerprint density at radius 3 is 2.67 bits per heavy atom. The molecule has 4 heteroatoms. The average Bonchev–Trinajstić information content (AvgIpc) is 2.35. The van der Waals surface area contributed by atoms with Crippen molar-refractivity contribution in [3.63, 3.8) is 0 Å². The molecular weight excluding hydrogens is 294 g/mol. The highest BCUT2D eigenvalue weighted by atomic mass is 79.9. The number of benzene rings is 2. The highest BCUT2D eigenvalue weighted by molar-refractivity contribution is 9.10. The van der Waals surface area contributed by atoms with E-state index in [9.17, 15) is 4.79 Å². The molecule has 0 heterocycles. The molecule has 94 valence electrons. The zero-order valence-electron chi connectivity index (χ0n) is 9.98. The molecule has 0 saturated heterocycles. The molecule has 1 atom stereocenters. The van der Waals surface area contributed by atoms with Gasteiger partial charge in [0.15, 0.2) is 0 Å². The van der Waals surface area contributed by atoms with Crippen LogP contribution in [0.5, 0.6) is 0 Å². The molecule has 2 rings (SSSR count). The molecule has 0 aliphatic heterocycles. The third kappa shape index (κ3) is 3.09. The second-order valence-corrected chi connectivity index (χ2v) is 5.18. The van der Waals surface area contributed by atoms with E-state index < -0.39 is 6.10 Å². The lowest BCUT2D eigenvalue weighted by Crippen LogP contribution is -2.30. The van der Waals surface area contributed by atoms with E-state index in [1.165, 1.54) is 0 Å². The first-order chi connectivity index (χ1) is 8.56. The molecule has 18 heavy (non-hydrogen) atoms. The predicted molar refractivity (Wildman–Crippen MR) is 75.7 cm³/mol. The molecule has 0 radical (unpaired) electrons. The minimum Gasteiger partial charge on any atom is -0.392 e. The van der Waals surface area contributed by atoms with Gasteiger partial charge < -0.3 is 10.4 Å². The van der Waals surface area contributed by atoms with Crippen LogP contribution in [0.1, 0.15) is 17.3 Å². The number of carbonyl (C=O) groups excluding carboxylic acids is 1. The van der Waals surface area contributed by atoms with Gasteiger partial charge in [0.2, 0.25) is 0 Å². The molecule has 1 unspecified atom stereocenters. The second-order valence-electron chi connectivity index (χ2n) is 4.27. The lowest BCUT2D eigenvalue weighted by molar-refractivity contribution is 0.0924. The van der Waals surface area contributed by atoms with Crippen molar-refractivity contribution < 1.29 is 9.90 Å². The molecular formula is C14H14BrNO2. The second kappa shape index (κ2) is 5.50. The van der Waals surface area contributed by atoms with Crippen molar-refractivity contribution in [1.29, 1.82) is 0 Å². The molecule has 2 N–H and O–H groups in total. The summed E-state index contributed by atoms with van der Waals surface area (Å²) in [4.78, 5) is 11.8. The summed E-state index contributed by atoms with van der Waals surface area (Å²) in [6.07, 6.45) is -0.537. The maximum absolute atomic E-state index is 11.8. The zero-order chi connectivity index (χ0) is 13.1. The zero-order valence-corrected chi connectivity index (χ0v) is 11.6. The van der Waals surface area contributed by atoms with Crippen molar-refractivity contribution >= 4 is 32.6 Å². The molecule has 3 nitrogen and oxygen atoms in total. The summed E-state index contributed by atoms with van der Waals surface area (Å²) in [5.41, 5.74) is 0.602. The minimum absolute atomic E-state index is 0.166. The number of amides is 1. The first kappa shape index (κ1) is 13.1. The molecule has 0 spiro atoms. The molecule has 0 aliphatic rings. The molecule has 0 bridgehead atoms. The van der Waals surface area contributed by atoms with Crippen LogP contribution >= 0.6 is 15.9 Å². The van der Waals surface area contributed by atoms with E-state index in [2.05, 4.69) is 21.2 Å². The number of aliphatic hydroxyl groups is 1. The van der Waals surface area contributed by atoms with Gasteiger partial charge in [-0.1, -0.05) is 28.1 Å². The first-order valence-electron chi connectivity index (χ1n) is 5.72. The van der Waals surface area contributed by atoms with Gasteiger partial charge in [-0.25, -0.2) is 0 Å². The third-order valence-electron chi connectivity index (χ3n) is 2.62. The van der Waals surface area contributed by atoms with Crippen LogP contribution in [0.4, 0.5) is 0 Å². The van der Waals surface area contributed by atoms with Gasteiger partial charge in [-0.3, -0.25) is 4.79 Å². The number of aliphatic hydroxyl groups excluding tert-OH is 1. The van der Waals surface area contributed by atoms with Crippen LogP contribution in [0.25, 0.3) is 10.8 Å². The van der Waals surface area contributed by atoms with Gasteiger partial charge in [-0.15, -0.1) is 0 Å². The summed E-state index contributed by atoms with van der Waals surface area (Å²) in [7, 11) is 0. The number of rotatable bonds is 3. The summed E-state index contributed by atoms with van der Waals surface area (Å²) >= 11 is 3.41. The van der Waals surface area contributed by atoms with Crippen LogP contribution in [-0.4, -0.2) is 23.7 Å². The van der Waals surface area contributed by atoms with E-state index >= 15 is 0 Å². The SMILES string of the molecule is CC(O)CNC(=O)c1ccc2cc(Br)ccc2c1. The van der Waals surface area contributed by atoms with Crippen molar-refractivity contribution in [2.75, 3.05) is 6.54 Å². The van der Waals surface area contributed by atoms with Crippen LogP contribution in [0.15, 0.2) is 40.9 Å². The Balaban J connectivity index is 2.24. The lowest BCUT2D eigenvalue weighted by atomic mass is 10.1. The quantitative estimate of drug-likeness (QED) is 0.916. The topological polar surface area (TPSA) is 49.3 Å². The Kier molecular flexibility index (Phi) is 3.99. The fourth-order valence-electron chi connectivity index (χ4n) is 1.70. The van der Waals surface area contributed by atoms with Crippen molar-refractivity contribution in [1.82, 2.24) is 5.32 Å². The summed E-state index contributed by atoms with van der Waals surface area (Å²) in [6, 6.07) is 11.5. The summed E-state index contributed by atoms with van der Waals surface area (Å²) in [6.45, 7) is 1.90. The van der Waals surface area contributed by atoms with Gasteiger partial charge in [0.1, 0.15) is 0 Å². The van der Waals surface area contributed by atoms with Crippen LogP contribution in [0.3, 0.4) is 0 Å². The van der Waals surface area contributed by atoms with E-state index in [-0.39, 0.29) is 12.5 Å².